The minimum Gasteiger partial charge on any atom is -0.497 e. The summed E-state index contributed by atoms with van der Waals surface area (Å²) in [6.45, 7) is 0.615. The first-order valence-corrected chi connectivity index (χ1v) is 11.4. The molecule has 0 saturated carbocycles. The number of ether oxygens (including phenoxy) is 2. The van der Waals surface area contributed by atoms with Crippen molar-refractivity contribution in [2.24, 2.45) is 0 Å². The average molecular weight is 509 g/mol. The number of nitrogens with one attached hydrogen (secondary N) is 1. The number of anilines is 1. The highest BCUT2D eigenvalue weighted by Crippen LogP contribution is 2.32. The molecule has 0 aliphatic rings. The number of benzene rings is 2. The van der Waals surface area contributed by atoms with Gasteiger partial charge in [-0.3, -0.25) is 9.48 Å². The Hall–Kier alpha value is -4.74. The van der Waals surface area contributed by atoms with E-state index in [4.69, 9.17) is 19.1 Å². The number of hydrogen-bond acceptors (Lipinski definition) is 8. The van der Waals surface area contributed by atoms with E-state index in [1.807, 2.05) is 0 Å². The second-order valence-electron chi connectivity index (χ2n) is 8.02. The largest absolute Gasteiger partial charge is 0.497 e. The monoisotopic (exact) mass is 509 g/mol. The number of amides is 1. The lowest BCUT2D eigenvalue weighted by atomic mass is 10.1. The number of aryl methyl sites for hydroxylation is 1. The summed E-state index contributed by atoms with van der Waals surface area (Å²) >= 11 is 0. The highest BCUT2D eigenvalue weighted by atomic mass is 19.1. The van der Waals surface area contributed by atoms with Crippen molar-refractivity contribution in [3.63, 3.8) is 0 Å². The number of rotatable bonds is 12. The molecule has 4 rings (SSSR count). The van der Waals surface area contributed by atoms with Crippen molar-refractivity contribution in [2.75, 3.05) is 12.4 Å². The fourth-order valence-corrected chi connectivity index (χ4v) is 3.45. The Balaban J connectivity index is 1.25. The lowest BCUT2D eigenvalue weighted by Gasteiger charge is -2.08. The van der Waals surface area contributed by atoms with E-state index in [1.165, 1.54) is 24.3 Å². The molecule has 0 aliphatic heterocycles. The maximum absolute atomic E-state index is 13.8. The van der Waals surface area contributed by atoms with Crippen LogP contribution in [0.15, 0.2) is 59.3 Å². The van der Waals surface area contributed by atoms with Crippen molar-refractivity contribution in [1.82, 2.24) is 20.2 Å². The van der Waals surface area contributed by atoms with Crippen LogP contribution in [0.5, 0.6) is 11.5 Å². The quantitative estimate of drug-likeness (QED) is 0.269. The van der Waals surface area contributed by atoms with Crippen molar-refractivity contribution < 1.29 is 33.1 Å². The first kappa shape index (κ1) is 25.4. The molecule has 2 aromatic heterocycles. The summed E-state index contributed by atoms with van der Waals surface area (Å²) in [6.07, 6.45) is 3.48. The van der Waals surface area contributed by atoms with Crippen LogP contribution in [-0.4, -0.2) is 44.2 Å². The second-order valence-corrected chi connectivity index (χ2v) is 8.02. The Morgan fingerprint density at radius 2 is 1.95 bits per heavy atom. The van der Waals surface area contributed by atoms with Crippen molar-refractivity contribution in [1.29, 1.82) is 0 Å². The second kappa shape index (κ2) is 11.8. The van der Waals surface area contributed by atoms with Gasteiger partial charge in [0.05, 0.1) is 18.9 Å². The molecule has 2 N–H and O–H groups in total. The fraction of sp³-hybridized carbons (Fsp3) is 0.240. The van der Waals surface area contributed by atoms with E-state index in [0.717, 1.165) is 12.2 Å². The van der Waals surface area contributed by atoms with Crippen LogP contribution < -0.4 is 14.8 Å². The molecule has 0 atom stereocenters. The number of carbonyl (C=O) groups excluding carboxylic acids is 1. The van der Waals surface area contributed by atoms with Gasteiger partial charge in [-0.2, -0.15) is 0 Å². The highest BCUT2D eigenvalue weighted by molar-refractivity contribution is 5.90. The van der Waals surface area contributed by atoms with Crippen LogP contribution in [-0.2, 0) is 17.9 Å². The number of hydrogen-bond donors (Lipinski definition) is 2. The Morgan fingerprint density at radius 1 is 1.14 bits per heavy atom. The molecule has 2 aromatic carbocycles. The normalized spacial score (nSPS) is 10.8. The predicted molar refractivity (Wildman–Crippen MR) is 129 cm³/mol. The number of nitrogens with zero attached hydrogens (tertiary/aromatic N) is 4. The summed E-state index contributed by atoms with van der Waals surface area (Å²) in [5.74, 6) is -0.825. The van der Waals surface area contributed by atoms with Gasteiger partial charge in [0.1, 0.15) is 29.6 Å². The van der Waals surface area contributed by atoms with E-state index in [9.17, 15) is 14.0 Å². The summed E-state index contributed by atoms with van der Waals surface area (Å²) in [4.78, 5) is 23.2. The van der Waals surface area contributed by atoms with Gasteiger partial charge in [-0.15, -0.1) is 5.10 Å². The maximum Gasteiger partial charge on any atom is 0.358 e. The van der Waals surface area contributed by atoms with Crippen LogP contribution >= 0.6 is 0 Å². The Bertz CT molecular complexity index is 1370. The number of carboxylic acid groups (broad SMARTS) is 1. The zero-order valence-electron chi connectivity index (χ0n) is 19.9. The lowest BCUT2D eigenvalue weighted by molar-refractivity contribution is -0.116. The van der Waals surface area contributed by atoms with Gasteiger partial charge in [-0.25, -0.2) is 9.18 Å². The molecular weight excluding hydrogens is 485 g/mol. The predicted octanol–water partition coefficient (Wildman–Crippen LogP) is 4.17. The minimum atomic E-state index is -1.26. The zero-order valence-corrected chi connectivity index (χ0v) is 19.9. The summed E-state index contributed by atoms with van der Waals surface area (Å²) in [5.41, 5.74) is 1.17. The van der Waals surface area contributed by atoms with E-state index in [0.29, 0.717) is 30.8 Å². The van der Waals surface area contributed by atoms with Crippen LogP contribution in [0.1, 0.15) is 35.4 Å². The number of carbonyl (C=O) groups is 2. The summed E-state index contributed by atoms with van der Waals surface area (Å²) in [7, 11) is 1.58. The fourth-order valence-electron chi connectivity index (χ4n) is 3.45. The van der Waals surface area contributed by atoms with Crippen molar-refractivity contribution in [2.45, 2.75) is 32.4 Å². The zero-order chi connectivity index (χ0) is 26.2. The Labute approximate surface area is 210 Å². The molecule has 11 nitrogen and oxygen atoms in total. The van der Waals surface area contributed by atoms with Gasteiger partial charge in [0, 0.05) is 24.7 Å². The first-order chi connectivity index (χ1) is 17.9. The third kappa shape index (κ3) is 6.90. The molecule has 12 heteroatoms. The third-order valence-corrected chi connectivity index (χ3v) is 5.31. The molecule has 0 aliphatic carbocycles. The van der Waals surface area contributed by atoms with Crippen LogP contribution in [0.2, 0.25) is 0 Å². The number of aromatic carboxylic acids is 1. The SMILES string of the molecule is COc1ccc(NC(=O)CCCCn2cc(COc3ccc(F)cc3-c3cc(C(=O)O)no3)nn2)cc1. The molecule has 37 heavy (non-hydrogen) atoms. The molecular formula is C25H24FN5O6. The number of unbranched alkanes of at least 4 members (excludes halogenated alkanes) is 1. The van der Waals surface area contributed by atoms with Crippen LogP contribution in [0.25, 0.3) is 11.3 Å². The van der Waals surface area contributed by atoms with E-state index < -0.39 is 11.8 Å². The van der Waals surface area contributed by atoms with Crippen LogP contribution in [0, 0.1) is 5.82 Å². The van der Waals surface area contributed by atoms with E-state index in [2.05, 4.69) is 20.8 Å². The molecule has 192 valence electrons. The highest BCUT2D eigenvalue weighted by Gasteiger charge is 2.17. The van der Waals surface area contributed by atoms with Crippen molar-refractivity contribution >= 4 is 17.6 Å². The van der Waals surface area contributed by atoms with E-state index >= 15 is 0 Å². The first-order valence-electron chi connectivity index (χ1n) is 11.4. The number of carboxylic acids is 1. The molecule has 0 fully saturated rings. The number of methoxy groups -OCH3 is 1. The molecule has 1 amide bonds. The molecule has 0 bridgehead atoms. The smallest absolute Gasteiger partial charge is 0.358 e. The molecule has 4 aromatic rings. The maximum atomic E-state index is 13.8. The van der Waals surface area contributed by atoms with Crippen LogP contribution in [0.3, 0.4) is 0 Å². The van der Waals surface area contributed by atoms with Gasteiger partial charge >= 0.3 is 5.97 Å². The van der Waals surface area contributed by atoms with Gasteiger partial charge in [0.25, 0.3) is 0 Å². The molecule has 0 radical (unpaired) electrons. The standard InChI is InChI=1S/C25H24FN5O6/c1-35-19-8-6-17(7-9-19)27-24(32)4-2-3-11-31-14-18(28-30-31)15-36-22-10-5-16(26)12-20(22)23-13-21(25(33)34)29-37-23/h5-10,12-14H,2-4,11,15H2,1H3,(H,27,32)(H,33,34). The Morgan fingerprint density at radius 3 is 2.68 bits per heavy atom. The van der Waals surface area contributed by atoms with Crippen molar-refractivity contribution in [3.05, 3.63) is 71.9 Å². The van der Waals surface area contributed by atoms with Gasteiger partial charge in [0.15, 0.2) is 11.5 Å². The lowest BCUT2D eigenvalue weighted by Crippen LogP contribution is -2.11. The summed E-state index contributed by atoms with van der Waals surface area (Å²) in [6, 6.07) is 12.1. The molecule has 0 saturated heterocycles. The number of halogens is 1. The van der Waals surface area contributed by atoms with Crippen LogP contribution in [0.4, 0.5) is 10.1 Å². The molecule has 2 heterocycles. The number of aromatic nitrogens is 4. The third-order valence-electron chi connectivity index (χ3n) is 5.31. The molecule has 0 spiro atoms. The van der Waals surface area contributed by atoms with Gasteiger partial charge in [-0.1, -0.05) is 10.4 Å². The van der Waals surface area contributed by atoms with Gasteiger partial charge in [-0.05, 0) is 55.3 Å². The summed E-state index contributed by atoms with van der Waals surface area (Å²) < 4.78 is 31.4. The molecule has 0 unspecified atom stereocenters. The minimum absolute atomic E-state index is 0.0445. The average Bonchev–Trinajstić information content (AvgIpc) is 3.56. The van der Waals surface area contributed by atoms with Gasteiger partial charge < -0.3 is 24.4 Å². The van der Waals surface area contributed by atoms with E-state index in [-0.39, 0.29) is 35.3 Å². The van der Waals surface area contributed by atoms with Gasteiger partial charge in [0.2, 0.25) is 5.91 Å². The summed E-state index contributed by atoms with van der Waals surface area (Å²) in [5, 5.41) is 23.5. The topological polar surface area (TPSA) is 142 Å². The Kier molecular flexibility index (Phi) is 8.08. The van der Waals surface area contributed by atoms with E-state index in [1.54, 1.807) is 42.3 Å². The van der Waals surface area contributed by atoms with Crippen molar-refractivity contribution in [3.8, 4) is 22.8 Å².